The molecule has 1 aromatic heterocycles. The third-order valence-electron chi connectivity index (χ3n) is 7.89. The van der Waals surface area contributed by atoms with E-state index in [-0.39, 0.29) is 12.4 Å². The molecule has 0 spiro atoms. The average Bonchev–Trinajstić information content (AvgIpc) is 3.40. The highest BCUT2D eigenvalue weighted by Crippen LogP contribution is 2.49. The van der Waals surface area contributed by atoms with Crippen molar-refractivity contribution in [1.29, 1.82) is 0 Å². The number of rotatable bonds is 22. The summed E-state index contributed by atoms with van der Waals surface area (Å²) in [6.45, 7) is -0.398. The summed E-state index contributed by atoms with van der Waals surface area (Å²) in [5.74, 6) is -1.63. The maximum Gasteiger partial charge on any atom is 0.472 e. The van der Waals surface area contributed by atoms with Gasteiger partial charge in [-0.2, -0.15) is 17.6 Å². The van der Waals surface area contributed by atoms with Gasteiger partial charge in [-0.25, -0.2) is 13.8 Å². The molecule has 3 N–H and O–H groups in total. The SMILES string of the molecule is O=c1[nH]c(=O)n([C@H]2C[C@H](O)[C@@H]([C@H](OP(=O)(O)OCCOCCCCCCCCCCCCCc3ccc(F)cc3)C(F)(F)F)O2)cc1F. The van der Waals surface area contributed by atoms with Crippen molar-refractivity contribution >= 4 is 7.82 Å². The van der Waals surface area contributed by atoms with Crippen molar-refractivity contribution in [2.45, 2.75) is 114 Å². The summed E-state index contributed by atoms with van der Waals surface area (Å²) >= 11 is 0. The monoisotopic (exact) mass is 714 g/mol. The van der Waals surface area contributed by atoms with E-state index in [9.17, 15) is 46.1 Å². The van der Waals surface area contributed by atoms with Gasteiger partial charge in [0.25, 0.3) is 5.56 Å². The fourth-order valence-electron chi connectivity index (χ4n) is 5.36. The van der Waals surface area contributed by atoms with Crippen LogP contribution in [0.25, 0.3) is 0 Å². The van der Waals surface area contributed by atoms with Crippen molar-refractivity contribution in [2.24, 2.45) is 0 Å². The summed E-state index contributed by atoms with van der Waals surface area (Å²) in [6.07, 6.45) is -1.64. The van der Waals surface area contributed by atoms with Crippen LogP contribution < -0.4 is 11.2 Å². The van der Waals surface area contributed by atoms with Crippen molar-refractivity contribution in [3.63, 3.8) is 0 Å². The smallest absolute Gasteiger partial charge is 0.390 e. The standard InChI is InChI=1S/C31H44F5N2O9P/c32-23-15-13-22(14-16-23)12-10-8-6-4-2-1-3-5-7-9-11-17-44-18-19-45-48(42,43)47-28(31(34,35)36)27-25(39)20-26(46-27)38-21-24(33)29(40)37-30(38)41/h13-16,21,25-28,39H,1-12,17-20H2,(H,42,43)(H,37,40,41)/t25-,26+,27-,28-/m0/s1. The largest absolute Gasteiger partial charge is 0.472 e. The van der Waals surface area contributed by atoms with Crippen LogP contribution in [0.4, 0.5) is 22.0 Å². The first-order valence-corrected chi connectivity index (χ1v) is 17.7. The maximum absolute atomic E-state index is 13.8. The highest BCUT2D eigenvalue weighted by molar-refractivity contribution is 7.47. The van der Waals surface area contributed by atoms with E-state index in [0.29, 0.717) is 17.4 Å². The van der Waals surface area contributed by atoms with Crippen LogP contribution >= 0.6 is 7.82 Å². The lowest BCUT2D eigenvalue weighted by molar-refractivity contribution is -0.240. The molecular formula is C31H44F5N2O9P. The molecule has 1 aliphatic heterocycles. The molecule has 0 aliphatic carbocycles. The molecule has 0 radical (unpaired) electrons. The van der Waals surface area contributed by atoms with Crippen molar-refractivity contribution in [1.82, 2.24) is 9.55 Å². The molecule has 0 amide bonds. The van der Waals surface area contributed by atoms with Crippen LogP contribution in [-0.2, 0) is 29.5 Å². The fourth-order valence-corrected chi connectivity index (χ4v) is 6.26. The zero-order valence-corrected chi connectivity index (χ0v) is 27.4. The Morgan fingerprint density at radius 3 is 2.10 bits per heavy atom. The number of unbranched alkanes of at least 4 members (excludes halogenated alkanes) is 10. The van der Waals surface area contributed by atoms with Gasteiger partial charge in [0.1, 0.15) is 18.1 Å². The van der Waals surface area contributed by atoms with Gasteiger partial charge >= 0.3 is 19.7 Å². The third-order valence-corrected chi connectivity index (χ3v) is 8.89. The number of nitrogens with zero attached hydrogens (tertiary/aromatic N) is 1. The fraction of sp³-hybridized carbons (Fsp3) is 0.677. The normalized spacial score (nSPS) is 20.2. The minimum absolute atomic E-state index is 0.181. The quantitative estimate of drug-likeness (QED) is 0.0750. The number of alkyl halides is 3. The van der Waals surface area contributed by atoms with Crippen LogP contribution in [0, 0.1) is 11.6 Å². The zero-order chi connectivity index (χ0) is 35.2. The lowest BCUT2D eigenvalue weighted by atomic mass is 10.0. The van der Waals surface area contributed by atoms with Gasteiger partial charge in [0.2, 0.25) is 5.82 Å². The number of aromatic nitrogens is 2. The Kier molecular flexibility index (Phi) is 16.4. The number of phosphoric acid groups is 1. The summed E-state index contributed by atoms with van der Waals surface area (Å²) in [7, 11) is -5.32. The van der Waals surface area contributed by atoms with Crippen LogP contribution in [0.15, 0.2) is 40.1 Å². The molecule has 48 heavy (non-hydrogen) atoms. The summed E-state index contributed by atoms with van der Waals surface area (Å²) in [4.78, 5) is 34.7. The second-order valence-electron chi connectivity index (χ2n) is 11.7. The van der Waals surface area contributed by atoms with Crippen LogP contribution in [0.1, 0.15) is 88.8 Å². The summed E-state index contributed by atoms with van der Waals surface area (Å²) in [6, 6.07) is 6.65. The Balaban J connectivity index is 1.23. The van der Waals surface area contributed by atoms with Gasteiger partial charge in [-0.3, -0.25) is 23.4 Å². The number of phosphoric ester groups is 1. The molecule has 1 unspecified atom stereocenters. The first kappa shape index (κ1) is 40.0. The molecule has 2 aromatic rings. The summed E-state index contributed by atoms with van der Waals surface area (Å²) < 4.78 is 100. The first-order chi connectivity index (χ1) is 22.8. The number of benzene rings is 1. The number of hydrogen-bond donors (Lipinski definition) is 3. The van der Waals surface area contributed by atoms with Crippen LogP contribution in [-0.4, -0.2) is 63.9 Å². The molecular weight excluding hydrogens is 670 g/mol. The molecule has 17 heteroatoms. The van der Waals surface area contributed by atoms with Gasteiger partial charge in [-0.1, -0.05) is 69.9 Å². The average molecular weight is 715 g/mol. The zero-order valence-electron chi connectivity index (χ0n) is 26.5. The van der Waals surface area contributed by atoms with Gasteiger partial charge in [0.15, 0.2) is 6.10 Å². The molecule has 1 aromatic carbocycles. The second-order valence-corrected chi connectivity index (χ2v) is 13.2. The Labute approximate surface area is 275 Å². The molecule has 3 rings (SSSR count). The number of aliphatic hydroxyl groups excluding tert-OH is 1. The van der Waals surface area contributed by atoms with E-state index in [1.54, 1.807) is 4.98 Å². The lowest BCUT2D eigenvalue weighted by Gasteiger charge is -2.28. The number of nitrogens with one attached hydrogen (secondary N) is 1. The molecule has 0 bridgehead atoms. The minimum atomic E-state index is -5.32. The number of halogens is 5. The van der Waals surface area contributed by atoms with Gasteiger partial charge in [0.05, 0.1) is 25.5 Å². The predicted molar refractivity (Wildman–Crippen MR) is 164 cm³/mol. The van der Waals surface area contributed by atoms with Gasteiger partial charge in [0, 0.05) is 13.0 Å². The molecule has 5 atom stereocenters. The second kappa shape index (κ2) is 19.7. The number of hydrogen-bond acceptors (Lipinski definition) is 8. The van der Waals surface area contributed by atoms with Crippen molar-refractivity contribution in [3.8, 4) is 0 Å². The van der Waals surface area contributed by atoms with Crippen LogP contribution in [0.2, 0.25) is 0 Å². The lowest BCUT2D eigenvalue weighted by Crippen LogP contribution is -2.46. The Morgan fingerprint density at radius 2 is 1.50 bits per heavy atom. The highest BCUT2D eigenvalue weighted by atomic mass is 31.2. The number of aromatic amines is 1. The summed E-state index contributed by atoms with van der Waals surface area (Å²) in [5, 5.41) is 10.2. The van der Waals surface area contributed by atoms with E-state index in [1.807, 2.05) is 12.1 Å². The molecule has 2 heterocycles. The van der Waals surface area contributed by atoms with Gasteiger partial charge < -0.3 is 19.5 Å². The molecule has 0 saturated carbocycles. The Morgan fingerprint density at radius 1 is 0.917 bits per heavy atom. The van der Waals surface area contributed by atoms with E-state index in [4.69, 9.17) is 9.47 Å². The van der Waals surface area contributed by atoms with E-state index >= 15 is 0 Å². The molecule has 272 valence electrons. The van der Waals surface area contributed by atoms with Crippen LogP contribution in [0.3, 0.4) is 0 Å². The van der Waals surface area contributed by atoms with E-state index in [0.717, 1.165) is 56.9 Å². The van der Waals surface area contributed by atoms with Gasteiger partial charge in [-0.15, -0.1) is 0 Å². The minimum Gasteiger partial charge on any atom is -0.390 e. The number of aryl methyl sites for hydroxylation is 1. The topological polar surface area (TPSA) is 149 Å². The number of H-pyrrole nitrogens is 1. The molecule has 1 aliphatic rings. The first-order valence-electron chi connectivity index (χ1n) is 16.2. The summed E-state index contributed by atoms with van der Waals surface area (Å²) in [5.41, 5.74) is -1.39. The molecule has 1 fully saturated rings. The van der Waals surface area contributed by atoms with Gasteiger partial charge in [-0.05, 0) is 37.0 Å². The van der Waals surface area contributed by atoms with Crippen molar-refractivity contribution in [2.75, 3.05) is 19.8 Å². The molecule has 1 saturated heterocycles. The molecule has 11 nitrogen and oxygen atoms in total. The van der Waals surface area contributed by atoms with E-state index < -0.39 is 68.6 Å². The number of aliphatic hydroxyl groups is 1. The maximum atomic E-state index is 13.8. The highest BCUT2D eigenvalue weighted by Gasteiger charge is 2.55. The van der Waals surface area contributed by atoms with E-state index in [2.05, 4.69) is 9.05 Å². The van der Waals surface area contributed by atoms with E-state index in [1.165, 1.54) is 37.8 Å². The van der Waals surface area contributed by atoms with Crippen molar-refractivity contribution < 1.29 is 55.0 Å². The Hall–Kier alpha value is -2.46. The predicted octanol–water partition coefficient (Wildman–Crippen LogP) is 6.08. The van der Waals surface area contributed by atoms with Crippen LogP contribution in [0.5, 0.6) is 0 Å². The van der Waals surface area contributed by atoms with Crippen molar-refractivity contribution in [3.05, 3.63) is 68.5 Å². The Bertz CT molecular complexity index is 1410. The third kappa shape index (κ3) is 13.8. The number of ether oxygens (including phenoxy) is 2.